The second kappa shape index (κ2) is 66.0. The standard InChI is InChI=1S/C94H148N22O31S/c1-17-47(10)74(89(141)99-38-67(122)97-39-69(124)112-75(48(11)18-2)93(145)107-59(33-44(4)5)83(135)102-52(15)94(146)147)115-88(140)65(43-119)111-91(143)73(46(8)9)114-77(129)50(13)100-81(133)58(31-32-148-16)105-87(139)64(42-118)109-84(136)61(35-54-25-27-55(120)28-26-54)103-68(123)40-98-80(132)60(34-53-23-21-20-22-24-53)108-90(142)72(45(6)7)113-78(130)51(14)101-92(144)76(49(12)19-3)116-82(134)57(29-30-66(96)121)104-86(138)63(41-117)110-85(137)62(37-71(127)128)106-79(131)56(95)36-70(125)126/h20-28,44-52,56-65,72-76,117-120H,17-19,29-43,95H2,1-16H3,(H2,96,121)(H,97,122)(H,98,132)(H,99,141)(H,100,133)(H,101,144)(H,102,135)(H,103,123)(H,104,138)(H,105,139)(H,106,131)(H,107,145)(H,108,142)(H,109,136)(H,110,137)(H,111,143)(H,112,124)(H,113,130)(H,114,129)(H,115,140)(H,116,134)(H,125,126)(H,127,128)(H,146,147)/t47-,48-,49-,50-,51-,52-,56-,57-,58-,59-,60-,61-,62-,63-,64-,65-,72-,73-,74-,75-,76-/m0/s1. The van der Waals surface area contributed by atoms with Crippen molar-refractivity contribution in [3.8, 4) is 5.75 Å². The minimum absolute atomic E-state index is 0.123. The van der Waals surface area contributed by atoms with Gasteiger partial charge >= 0.3 is 17.9 Å². The number of carboxylic acid groups (broad SMARTS) is 3. The van der Waals surface area contributed by atoms with Crippen molar-refractivity contribution in [1.29, 1.82) is 0 Å². The van der Waals surface area contributed by atoms with Gasteiger partial charge < -0.3 is 154 Å². The van der Waals surface area contributed by atoms with Gasteiger partial charge in [-0.15, -0.1) is 0 Å². The number of benzene rings is 2. The van der Waals surface area contributed by atoms with Gasteiger partial charge in [0.25, 0.3) is 0 Å². The smallest absolute Gasteiger partial charge is 0.325 e. The van der Waals surface area contributed by atoms with Crippen LogP contribution in [-0.4, -0.2) is 338 Å². The SMILES string of the molecule is CC[C@H](C)[C@H](NC(=O)CNC(=O)CNC(=O)[C@@H](NC(=O)[C@H](CO)NC(=O)[C@@H](NC(=O)[C@H](C)NC(=O)[C@H](CCSC)NC(=O)[C@H](CO)NC(=O)[C@H](Cc1ccc(O)cc1)NC(=O)CNC(=O)[C@H](Cc1ccccc1)NC(=O)[C@@H](NC(=O)[C@H](C)NC(=O)[C@@H](NC(=O)[C@H](CCC(N)=O)NC(=O)[C@H](CO)NC(=O)[C@H](CC(=O)O)NC(=O)[C@@H](N)CC(=O)O)[C@@H](C)CC)C(C)C)C(C)C)[C@@H](C)CC)C(=O)N[C@@H](CC(C)C)C(=O)N[C@@H](C)C(=O)O. The molecule has 2 rings (SSSR count). The third kappa shape index (κ3) is 46.6. The molecule has 0 fully saturated rings. The number of aliphatic hydroxyl groups is 3. The molecular formula is C94H148N22O31S. The Bertz CT molecular complexity index is 4890. The summed E-state index contributed by atoms with van der Waals surface area (Å²) < 4.78 is 0. The summed E-state index contributed by atoms with van der Waals surface area (Å²) in [5.41, 5.74) is 11.7. The van der Waals surface area contributed by atoms with Gasteiger partial charge in [0.1, 0.15) is 108 Å². The highest BCUT2D eigenvalue weighted by Gasteiger charge is 2.41. The van der Waals surface area contributed by atoms with E-state index in [9.17, 15) is 146 Å². The van der Waals surface area contributed by atoms with Crippen molar-refractivity contribution in [3.05, 3.63) is 65.7 Å². The first kappa shape index (κ1) is 130. The number of thioether (sulfide) groups is 1. The molecule has 0 heterocycles. The van der Waals surface area contributed by atoms with E-state index in [2.05, 4.69) is 95.7 Å². The molecule has 0 radical (unpaired) electrons. The molecule has 148 heavy (non-hydrogen) atoms. The van der Waals surface area contributed by atoms with Gasteiger partial charge in [-0.2, -0.15) is 11.8 Å². The third-order valence-corrected chi connectivity index (χ3v) is 24.1. The summed E-state index contributed by atoms with van der Waals surface area (Å²) in [6, 6.07) is -15.0. The Labute approximate surface area is 860 Å². The molecule has 54 heteroatoms. The number of carboxylic acids is 3. The van der Waals surface area contributed by atoms with Gasteiger partial charge in [0.15, 0.2) is 0 Å². The van der Waals surface area contributed by atoms with Crippen LogP contribution in [0.15, 0.2) is 54.6 Å². The Hall–Kier alpha value is -14.3. The number of aliphatic carboxylic acids is 3. The van der Waals surface area contributed by atoms with E-state index in [1.165, 1.54) is 91.4 Å². The van der Waals surface area contributed by atoms with Crippen molar-refractivity contribution in [2.45, 2.75) is 283 Å². The number of nitrogens with one attached hydrogen (secondary N) is 20. The summed E-state index contributed by atoms with van der Waals surface area (Å²) in [6.45, 7) is 17.4. The molecule has 0 aliphatic heterocycles. The number of hydrogen-bond donors (Lipinski definition) is 29. The minimum atomic E-state index is -2.00. The van der Waals surface area contributed by atoms with E-state index in [1.54, 1.807) is 85.1 Å². The number of aliphatic hydroxyl groups excluding tert-OH is 3. The molecule has 0 unspecified atom stereocenters. The van der Waals surface area contributed by atoms with Gasteiger partial charge in [-0.25, -0.2) is 0 Å². The molecule has 2 aromatic rings. The highest BCUT2D eigenvalue weighted by molar-refractivity contribution is 7.98. The Kier molecular flexibility index (Phi) is 57.9. The van der Waals surface area contributed by atoms with Crippen LogP contribution >= 0.6 is 11.8 Å². The van der Waals surface area contributed by atoms with Crippen molar-refractivity contribution in [2.24, 2.45) is 47.0 Å². The average molecular weight is 2110 g/mol. The largest absolute Gasteiger partial charge is 0.508 e. The fourth-order valence-corrected chi connectivity index (χ4v) is 14.4. The molecule has 2 aromatic carbocycles. The molecule has 0 spiro atoms. The summed E-state index contributed by atoms with van der Waals surface area (Å²) in [5, 5.41) is 117. The number of carbonyl (C=O) groups excluding carboxylic acids is 21. The highest BCUT2D eigenvalue weighted by atomic mass is 32.2. The lowest BCUT2D eigenvalue weighted by molar-refractivity contribution is -0.142. The number of aromatic hydroxyl groups is 1. The number of nitrogens with two attached hydrogens (primary N) is 2. The number of rotatable bonds is 68. The van der Waals surface area contributed by atoms with Gasteiger partial charge in [-0.3, -0.25) is 115 Å². The van der Waals surface area contributed by atoms with Crippen LogP contribution in [0.3, 0.4) is 0 Å². The second-order valence-electron chi connectivity index (χ2n) is 36.8. The van der Waals surface area contributed by atoms with Crippen LogP contribution in [0.5, 0.6) is 5.75 Å². The molecule has 53 nitrogen and oxygen atoms in total. The lowest BCUT2D eigenvalue weighted by Crippen LogP contribution is -2.61. The predicted octanol–water partition coefficient (Wildman–Crippen LogP) is -8.32. The van der Waals surface area contributed by atoms with E-state index >= 15 is 0 Å². The molecule has 0 aliphatic carbocycles. The number of carbonyl (C=O) groups is 24. The zero-order valence-electron chi connectivity index (χ0n) is 85.8. The monoisotopic (exact) mass is 2110 g/mol. The van der Waals surface area contributed by atoms with Crippen molar-refractivity contribution >= 4 is 154 Å². The summed E-state index contributed by atoms with van der Waals surface area (Å²) in [6.07, 6.45) is -1.34. The molecule has 0 aliphatic rings. The van der Waals surface area contributed by atoms with Crippen LogP contribution in [0.2, 0.25) is 0 Å². The maximum absolute atomic E-state index is 14.5. The lowest BCUT2D eigenvalue weighted by Gasteiger charge is -2.29. The maximum Gasteiger partial charge on any atom is 0.325 e. The Morgan fingerprint density at radius 3 is 1.11 bits per heavy atom. The molecular weight excluding hydrogens is 1970 g/mol. The fraction of sp³-hybridized carbons (Fsp3) is 0.617. The average Bonchev–Trinajstić information content (AvgIpc) is 0.849. The molecule has 0 saturated heterocycles. The normalized spacial score (nSPS) is 15.4. The van der Waals surface area contributed by atoms with Gasteiger partial charge in [0.05, 0.1) is 58.3 Å². The second-order valence-corrected chi connectivity index (χ2v) is 37.8. The topological polar surface area (TPSA) is 844 Å². The Morgan fingerprint density at radius 2 is 0.662 bits per heavy atom. The first-order valence-electron chi connectivity index (χ1n) is 48.2. The van der Waals surface area contributed by atoms with Crippen molar-refractivity contribution in [2.75, 3.05) is 51.5 Å². The van der Waals surface area contributed by atoms with Crippen LogP contribution in [0, 0.1) is 35.5 Å². The summed E-state index contributed by atoms with van der Waals surface area (Å²) in [4.78, 5) is 322. The number of phenols is 1. The Morgan fingerprint density at radius 1 is 0.324 bits per heavy atom. The molecule has 31 N–H and O–H groups in total. The quantitative estimate of drug-likeness (QED) is 0.0292. The van der Waals surface area contributed by atoms with Crippen LogP contribution < -0.4 is 118 Å². The van der Waals surface area contributed by atoms with Gasteiger partial charge in [-0.05, 0) is 111 Å². The van der Waals surface area contributed by atoms with E-state index in [-0.39, 0.29) is 55.9 Å². The van der Waals surface area contributed by atoms with E-state index in [0.717, 1.165) is 0 Å². The summed E-state index contributed by atoms with van der Waals surface area (Å²) in [7, 11) is 0. The van der Waals surface area contributed by atoms with E-state index in [0.29, 0.717) is 17.5 Å². The number of hydrogen-bond acceptors (Lipinski definition) is 30. The Balaban J connectivity index is 2.32. The molecule has 21 amide bonds. The van der Waals surface area contributed by atoms with Crippen LogP contribution in [0.25, 0.3) is 0 Å². The van der Waals surface area contributed by atoms with E-state index in [1.807, 2.05) is 10.6 Å². The molecule has 0 aromatic heterocycles. The van der Waals surface area contributed by atoms with Gasteiger partial charge in [-0.1, -0.05) is 145 Å². The van der Waals surface area contributed by atoms with Crippen molar-refractivity contribution < 1.29 is 151 Å². The zero-order valence-corrected chi connectivity index (χ0v) is 86.6. The predicted molar refractivity (Wildman–Crippen MR) is 531 cm³/mol. The summed E-state index contributed by atoms with van der Waals surface area (Å²) in [5.74, 6) is -29.6. The highest BCUT2D eigenvalue weighted by Crippen LogP contribution is 2.19. The van der Waals surface area contributed by atoms with Gasteiger partial charge in [0.2, 0.25) is 124 Å². The number of primary amides is 1. The number of amides is 21. The fourth-order valence-electron chi connectivity index (χ4n) is 13.9. The molecule has 21 atom stereocenters. The first-order valence-corrected chi connectivity index (χ1v) is 49.6. The van der Waals surface area contributed by atoms with Crippen molar-refractivity contribution in [3.63, 3.8) is 0 Å². The molecule has 826 valence electrons. The first-order chi connectivity index (χ1) is 69.4. The lowest BCUT2D eigenvalue weighted by atomic mass is 9.96. The van der Waals surface area contributed by atoms with Crippen LogP contribution in [0.1, 0.15) is 173 Å². The van der Waals surface area contributed by atoms with Gasteiger partial charge in [0, 0.05) is 19.3 Å². The summed E-state index contributed by atoms with van der Waals surface area (Å²) >= 11 is 1.24. The zero-order chi connectivity index (χ0) is 112. The number of phenolic OH excluding ortho intramolecular Hbond substituents is 1. The van der Waals surface area contributed by atoms with E-state index < -0.39 is 345 Å². The third-order valence-electron chi connectivity index (χ3n) is 23.4. The van der Waals surface area contributed by atoms with E-state index in [4.69, 9.17) is 16.6 Å². The molecule has 0 saturated carbocycles. The maximum atomic E-state index is 14.5. The van der Waals surface area contributed by atoms with Crippen LogP contribution in [0.4, 0.5) is 0 Å². The van der Waals surface area contributed by atoms with Crippen molar-refractivity contribution in [1.82, 2.24) is 106 Å². The molecule has 0 bridgehead atoms. The van der Waals surface area contributed by atoms with Crippen LogP contribution in [-0.2, 0) is 128 Å². The minimum Gasteiger partial charge on any atom is -0.508 e.